The first-order chi connectivity index (χ1) is 8.16. The molecular weight excluding hydrogens is 258 g/mol. The Morgan fingerprint density at radius 3 is 3.24 bits per heavy atom. The second kappa shape index (κ2) is 5.33. The predicted molar refractivity (Wildman–Crippen MR) is 70.2 cm³/mol. The number of hydrogen-bond acceptors (Lipinski definition) is 4. The van der Waals surface area contributed by atoms with Crippen LogP contribution in [0.1, 0.15) is 12.5 Å². The lowest BCUT2D eigenvalue weighted by atomic mass is 10.3. The third kappa shape index (κ3) is 3.08. The van der Waals surface area contributed by atoms with Gasteiger partial charge in [0.05, 0.1) is 6.20 Å². The van der Waals surface area contributed by atoms with E-state index in [-0.39, 0.29) is 5.12 Å². The minimum Gasteiger partial charge on any atom is -0.288 e. The first-order valence-electron chi connectivity index (χ1n) is 4.96. The van der Waals surface area contributed by atoms with Crippen molar-refractivity contribution in [2.75, 3.05) is 5.75 Å². The number of carbonyl (C=O) groups excluding carboxylic acids is 1. The largest absolute Gasteiger partial charge is 0.288 e. The Labute approximate surface area is 108 Å². The number of rotatable bonds is 3. The Morgan fingerprint density at radius 2 is 2.47 bits per heavy atom. The molecule has 0 amide bonds. The zero-order chi connectivity index (χ0) is 12.3. The maximum Gasteiger partial charge on any atom is 0.186 e. The van der Waals surface area contributed by atoms with Crippen LogP contribution in [0.2, 0.25) is 5.15 Å². The molecule has 88 valence electrons. The van der Waals surface area contributed by atoms with Gasteiger partial charge in [-0.05, 0) is 6.07 Å². The van der Waals surface area contributed by atoms with E-state index in [1.165, 1.54) is 11.8 Å². The van der Waals surface area contributed by atoms with E-state index in [2.05, 4.69) is 10.1 Å². The molecule has 2 heterocycles. The summed E-state index contributed by atoms with van der Waals surface area (Å²) in [6, 6.07) is 1.68. The molecule has 2 aromatic rings. The number of halogens is 1. The minimum atomic E-state index is 0.107. The summed E-state index contributed by atoms with van der Waals surface area (Å²) in [6.07, 6.45) is 7.27. The van der Waals surface area contributed by atoms with Crippen molar-refractivity contribution in [3.8, 4) is 0 Å². The third-order valence-electron chi connectivity index (χ3n) is 2.04. The quantitative estimate of drug-likeness (QED) is 0.802. The molecule has 0 saturated carbocycles. The highest BCUT2D eigenvalue weighted by Gasteiger charge is 2.02. The van der Waals surface area contributed by atoms with E-state index in [1.54, 1.807) is 29.9 Å². The highest BCUT2D eigenvalue weighted by molar-refractivity contribution is 8.13. The molecule has 0 saturated heterocycles. The van der Waals surface area contributed by atoms with Crippen molar-refractivity contribution in [2.45, 2.75) is 6.92 Å². The molecule has 0 bridgehead atoms. The monoisotopic (exact) mass is 267 g/mol. The molecular formula is C11H10ClN3OS. The van der Waals surface area contributed by atoms with Crippen molar-refractivity contribution in [1.29, 1.82) is 0 Å². The highest BCUT2D eigenvalue weighted by Crippen LogP contribution is 2.13. The van der Waals surface area contributed by atoms with Gasteiger partial charge in [0.15, 0.2) is 10.8 Å². The molecule has 4 nitrogen and oxygen atoms in total. The molecule has 0 spiro atoms. The first-order valence-corrected chi connectivity index (χ1v) is 6.33. The number of thioether (sulfide) groups is 1. The van der Waals surface area contributed by atoms with Gasteiger partial charge in [0.25, 0.3) is 0 Å². The normalized spacial score (nSPS) is 11.4. The Morgan fingerprint density at radius 1 is 1.65 bits per heavy atom. The molecule has 17 heavy (non-hydrogen) atoms. The van der Waals surface area contributed by atoms with Crippen molar-refractivity contribution in [2.24, 2.45) is 0 Å². The Bertz CT molecular complexity index is 579. The number of hydrogen-bond donors (Lipinski definition) is 0. The van der Waals surface area contributed by atoms with Crippen LogP contribution in [0, 0.1) is 0 Å². The van der Waals surface area contributed by atoms with Gasteiger partial charge in [0.2, 0.25) is 0 Å². The van der Waals surface area contributed by atoms with E-state index in [0.717, 1.165) is 5.56 Å². The number of carbonyl (C=O) groups is 1. The molecule has 0 N–H and O–H groups in total. The van der Waals surface area contributed by atoms with Gasteiger partial charge in [-0.3, -0.25) is 4.79 Å². The maximum atomic E-state index is 10.7. The van der Waals surface area contributed by atoms with E-state index in [0.29, 0.717) is 16.6 Å². The minimum absolute atomic E-state index is 0.107. The van der Waals surface area contributed by atoms with Crippen LogP contribution >= 0.6 is 23.4 Å². The van der Waals surface area contributed by atoms with Crippen LogP contribution < -0.4 is 0 Å². The molecule has 0 unspecified atom stereocenters. The number of fused-ring (bicyclic) bond motifs is 1. The second-order valence-corrected chi connectivity index (χ2v) is 4.91. The van der Waals surface area contributed by atoms with Crippen LogP contribution in [0.5, 0.6) is 0 Å². The summed E-state index contributed by atoms with van der Waals surface area (Å²) in [6.45, 7) is 1.55. The number of aromatic nitrogens is 3. The van der Waals surface area contributed by atoms with Gasteiger partial charge in [-0.1, -0.05) is 35.5 Å². The Hall–Kier alpha value is -1.33. The van der Waals surface area contributed by atoms with E-state index in [9.17, 15) is 4.79 Å². The summed E-state index contributed by atoms with van der Waals surface area (Å²) >= 11 is 7.09. The first kappa shape index (κ1) is 12.1. The van der Waals surface area contributed by atoms with Crippen LogP contribution in [0.25, 0.3) is 11.7 Å². The van der Waals surface area contributed by atoms with Crippen LogP contribution in [-0.4, -0.2) is 25.5 Å². The van der Waals surface area contributed by atoms with Crippen molar-refractivity contribution in [3.63, 3.8) is 0 Å². The van der Waals surface area contributed by atoms with Crippen molar-refractivity contribution >= 4 is 40.2 Å². The van der Waals surface area contributed by atoms with Gasteiger partial charge >= 0.3 is 0 Å². The van der Waals surface area contributed by atoms with Crippen LogP contribution in [0.4, 0.5) is 0 Å². The van der Waals surface area contributed by atoms with Gasteiger partial charge in [-0.15, -0.1) is 0 Å². The standard InChI is InChI=1S/C11H10ClN3OS/c1-8(16)17-6-2-3-9-7-13-15-5-4-10(12)14-11(9)15/h2-5,7H,6H2,1H3. The lowest BCUT2D eigenvalue weighted by Gasteiger charge is -1.94. The SMILES string of the molecule is CC(=O)SCC=Cc1cnn2ccc(Cl)nc12. The van der Waals surface area contributed by atoms with Crippen molar-refractivity contribution in [3.05, 3.63) is 35.3 Å². The molecule has 2 rings (SSSR count). The smallest absolute Gasteiger partial charge is 0.186 e. The van der Waals surface area contributed by atoms with Gasteiger partial charge in [0, 0.05) is 24.4 Å². The molecule has 0 radical (unpaired) electrons. The van der Waals surface area contributed by atoms with E-state index in [4.69, 9.17) is 11.6 Å². The third-order valence-corrected chi connectivity index (χ3v) is 3.02. The maximum absolute atomic E-state index is 10.7. The average Bonchev–Trinajstić information content (AvgIpc) is 2.67. The van der Waals surface area contributed by atoms with E-state index < -0.39 is 0 Å². The highest BCUT2D eigenvalue weighted by atomic mass is 35.5. The van der Waals surface area contributed by atoms with E-state index in [1.807, 2.05) is 12.2 Å². The summed E-state index contributed by atoms with van der Waals surface area (Å²) < 4.78 is 1.66. The fourth-order valence-electron chi connectivity index (χ4n) is 1.32. The summed E-state index contributed by atoms with van der Waals surface area (Å²) in [5.41, 5.74) is 1.60. The Kier molecular flexibility index (Phi) is 3.81. The molecule has 0 aliphatic heterocycles. The van der Waals surface area contributed by atoms with Crippen molar-refractivity contribution in [1.82, 2.24) is 14.6 Å². The summed E-state index contributed by atoms with van der Waals surface area (Å²) in [5.74, 6) is 0.646. The second-order valence-electron chi connectivity index (χ2n) is 3.32. The Balaban J connectivity index is 2.18. The molecule has 2 aromatic heterocycles. The predicted octanol–water partition coefficient (Wildman–Crippen LogP) is 2.68. The fraction of sp³-hybridized carbons (Fsp3) is 0.182. The molecule has 0 fully saturated rings. The van der Waals surface area contributed by atoms with Gasteiger partial charge in [-0.25, -0.2) is 9.50 Å². The van der Waals surface area contributed by atoms with Crippen LogP contribution in [0.3, 0.4) is 0 Å². The molecule has 6 heteroatoms. The van der Waals surface area contributed by atoms with Gasteiger partial charge in [-0.2, -0.15) is 5.10 Å². The zero-order valence-electron chi connectivity index (χ0n) is 9.13. The molecule has 0 aliphatic rings. The molecule has 0 atom stereocenters. The fourth-order valence-corrected chi connectivity index (χ4v) is 1.89. The summed E-state index contributed by atoms with van der Waals surface area (Å²) in [4.78, 5) is 14.9. The topological polar surface area (TPSA) is 47.3 Å². The molecule has 0 aliphatic carbocycles. The summed E-state index contributed by atoms with van der Waals surface area (Å²) in [7, 11) is 0. The average molecular weight is 268 g/mol. The summed E-state index contributed by atoms with van der Waals surface area (Å²) in [5, 5.41) is 4.69. The zero-order valence-corrected chi connectivity index (χ0v) is 10.7. The van der Waals surface area contributed by atoms with Crippen LogP contribution in [0.15, 0.2) is 24.5 Å². The van der Waals surface area contributed by atoms with E-state index >= 15 is 0 Å². The van der Waals surface area contributed by atoms with Gasteiger partial charge < -0.3 is 0 Å². The lowest BCUT2D eigenvalue weighted by molar-refractivity contribution is -0.109. The van der Waals surface area contributed by atoms with Gasteiger partial charge in [0.1, 0.15) is 5.15 Å². The van der Waals surface area contributed by atoms with Crippen molar-refractivity contribution < 1.29 is 4.79 Å². The van der Waals surface area contributed by atoms with Crippen LogP contribution in [-0.2, 0) is 4.79 Å². The molecule has 0 aromatic carbocycles. The lowest BCUT2D eigenvalue weighted by Crippen LogP contribution is -1.89. The number of nitrogens with zero attached hydrogens (tertiary/aromatic N) is 3.